The summed E-state index contributed by atoms with van der Waals surface area (Å²) in [4.78, 5) is 20.5. The SMILES string of the molecule is COc1ccc2nccc([C@@H](O)CN3CCC(NC(=O)/C(=C/c4ccc(C#N)cc4)c4ccc(-c5ccccc5)cc4)CC3)c2c1. The highest BCUT2D eigenvalue weighted by molar-refractivity contribution is 6.24. The Morgan fingerprint density at radius 2 is 1.72 bits per heavy atom. The van der Waals surface area contributed by atoms with Crippen molar-refractivity contribution in [2.75, 3.05) is 26.7 Å². The first-order chi connectivity index (χ1) is 22.5. The largest absolute Gasteiger partial charge is 0.497 e. The predicted molar refractivity (Wildman–Crippen MR) is 182 cm³/mol. The Labute approximate surface area is 269 Å². The molecule has 1 fully saturated rings. The van der Waals surface area contributed by atoms with Crippen LogP contribution in [0.4, 0.5) is 0 Å². The number of aliphatic hydroxyl groups is 1. The highest BCUT2D eigenvalue weighted by Gasteiger charge is 2.25. The lowest BCUT2D eigenvalue weighted by atomic mass is 9.97. The van der Waals surface area contributed by atoms with Gasteiger partial charge in [-0.15, -0.1) is 0 Å². The molecule has 1 aliphatic heterocycles. The fourth-order valence-electron chi connectivity index (χ4n) is 6.00. The number of aliphatic hydroxyl groups excluding tert-OH is 1. The van der Waals surface area contributed by atoms with Crippen molar-refractivity contribution in [3.63, 3.8) is 0 Å². The summed E-state index contributed by atoms with van der Waals surface area (Å²) >= 11 is 0. The average Bonchev–Trinajstić information content (AvgIpc) is 3.11. The first-order valence-corrected chi connectivity index (χ1v) is 15.5. The summed E-state index contributed by atoms with van der Waals surface area (Å²) < 4.78 is 5.39. The molecule has 1 aliphatic rings. The number of nitrogens with one attached hydrogen (secondary N) is 1. The van der Waals surface area contributed by atoms with Crippen LogP contribution in [0.25, 0.3) is 33.7 Å². The fourth-order valence-corrected chi connectivity index (χ4v) is 6.00. The van der Waals surface area contributed by atoms with Crippen molar-refractivity contribution in [1.82, 2.24) is 15.2 Å². The van der Waals surface area contributed by atoms with Crippen LogP contribution in [0, 0.1) is 11.3 Å². The summed E-state index contributed by atoms with van der Waals surface area (Å²) in [6.45, 7) is 2.01. The van der Waals surface area contributed by atoms with E-state index in [-0.39, 0.29) is 11.9 Å². The number of nitrogens with zero attached hydrogens (tertiary/aromatic N) is 3. The number of piperidine rings is 1. The van der Waals surface area contributed by atoms with E-state index in [0.717, 1.165) is 70.4 Å². The van der Waals surface area contributed by atoms with Crippen LogP contribution in [0.1, 0.15) is 41.2 Å². The molecule has 1 aromatic heterocycles. The molecule has 0 unspecified atom stereocenters. The van der Waals surface area contributed by atoms with Gasteiger partial charge in [-0.05, 0) is 83.1 Å². The van der Waals surface area contributed by atoms with E-state index >= 15 is 0 Å². The van der Waals surface area contributed by atoms with Crippen molar-refractivity contribution in [2.45, 2.75) is 25.0 Å². The second-order valence-electron chi connectivity index (χ2n) is 11.6. The number of β-amino-alcohol motifs (C(OH)–C–C–N with tert-alkyl or cyclic N) is 1. The molecule has 230 valence electrons. The van der Waals surface area contributed by atoms with Crippen molar-refractivity contribution in [3.8, 4) is 22.9 Å². The first-order valence-electron chi connectivity index (χ1n) is 15.5. The highest BCUT2D eigenvalue weighted by atomic mass is 16.5. The minimum absolute atomic E-state index is 0.0138. The number of fused-ring (bicyclic) bond motifs is 1. The number of benzene rings is 4. The van der Waals surface area contributed by atoms with Gasteiger partial charge in [0, 0.05) is 42.8 Å². The molecule has 2 heterocycles. The minimum Gasteiger partial charge on any atom is -0.497 e. The van der Waals surface area contributed by atoms with Crippen LogP contribution >= 0.6 is 0 Å². The van der Waals surface area contributed by atoms with Gasteiger partial charge in [-0.25, -0.2) is 0 Å². The summed E-state index contributed by atoms with van der Waals surface area (Å²) in [5.74, 6) is 0.595. The van der Waals surface area contributed by atoms with E-state index in [2.05, 4.69) is 33.4 Å². The Kier molecular flexibility index (Phi) is 9.49. The van der Waals surface area contributed by atoms with E-state index in [1.165, 1.54) is 0 Å². The maximum Gasteiger partial charge on any atom is 0.252 e. The Balaban J connectivity index is 1.13. The maximum atomic E-state index is 13.8. The zero-order chi connectivity index (χ0) is 31.9. The summed E-state index contributed by atoms with van der Waals surface area (Å²) in [6.07, 6.45) is 4.49. The van der Waals surface area contributed by atoms with Crippen molar-refractivity contribution >= 4 is 28.5 Å². The molecule has 1 saturated heterocycles. The number of hydrogen-bond acceptors (Lipinski definition) is 6. The van der Waals surface area contributed by atoms with Crippen LogP contribution < -0.4 is 10.1 Å². The van der Waals surface area contributed by atoms with Gasteiger partial charge in [-0.1, -0.05) is 66.7 Å². The molecule has 1 amide bonds. The number of aromatic nitrogens is 1. The number of nitriles is 1. The number of rotatable bonds is 9. The first kappa shape index (κ1) is 30.7. The van der Waals surface area contributed by atoms with Gasteiger partial charge in [0.1, 0.15) is 5.75 Å². The Morgan fingerprint density at radius 1 is 1.00 bits per heavy atom. The highest BCUT2D eigenvalue weighted by Crippen LogP contribution is 2.29. The second kappa shape index (κ2) is 14.2. The summed E-state index contributed by atoms with van der Waals surface area (Å²) in [7, 11) is 1.63. The molecular weight excluding hydrogens is 572 g/mol. The van der Waals surface area contributed by atoms with Crippen LogP contribution in [0.15, 0.2) is 109 Å². The quantitative estimate of drug-likeness (QED) is 0.144. The molecule has 7 heteroatoms. The van der Waals surface area contributed by atoms with E-state index < -0.39 is 6.10 Å². The van der Waals surface area contributed by atoms with Gasteiger partial charge < -0.3 is 20.1 Å². The molecular formula is C39H36N4O3. The number of amides is 1. The van der Waals surface area contributed by atoms with E-state index in [0.29, 0.717) is 17.7 Å². The third kappa shape index (κ3) is 7.16. The van der Waals surface area contributed by atoms with Crippen LogP contribution in [0.2, 0.25) is 0 Å². The van der Waals surface area contributed by atoms with Gasteiger partial charge in [0.05, 0.1) is 30.4 Å². The molecule has 6 rings (SSSR count). The number of likely N-dealkylation sites (tertiary alicyclic amines) is 1. The number of ether oxygens (including phenoxy) is 1. The number of carbonyl (C=O) groups is 1. The molecule has 7 nitrogen and oxygen atoms in total. The number of carbonyl (C=O) groups excluding carboxylic acids is 1. The summed E-state index contributed by atoms with van der Waals surface area (Å²) in [5.41, 5.74) is 6.66. The minimum atomic E-state index is -0.676. The smallest absolute Gasteiger partial charge is 0.252 e. The molecule has 1 atom stereocenters. The van der Waals surface area contributed by atoms with Crippen molar-refractivity contribution in [3.05, 3.63) is 132 Å². The Morgan fingerprint density at radius 3 is 2.41 bits per heavy atom. The lowest BCUT2D eigenvalue weighted by Crippen LogP contribution is -2.45. The average molecular weight is 609 g/mol. The van der Waals surface area contributed by atoms with E-state index in [4.69, 9.17) is 4.74 Å². The molecule has 2 N–H and O–H groups in total. The van der Waals surface area contributed by atoms with Gasteiger partial charge in [0.2, 0.25) is 0 Å². The number of hydrogen-bond donors (Lipinski definition) is 2. The predicted octanol–water partition coefficient (Wildman–Crippen LogP) is 6.64. The van der Waals surface area contributed by atoms with Gasteiger partial charge in [0.25, 0.3) is 5.91 Å². The summed E-state index contributed by atoms with van der Waals surface area (Å²) in [6, 6.07) is 35.2. The van der Waals surface area contributed by atoms with Gasteiger partial charge in [-0.2, -0.15) is 5.26 Å². The molecule has 0 aliphatic carbocycles. The third-order valence-corrected chi connectivity index (χ3v) is 8.59. The Hall–Kier alpha value is -5.29. The molecule has 0 radical (unpaired) electrons. The molecule has 0 bridgehead atoms. The van der Waals surface area contributed by atoms with Gasteiger partial charge in [-0.3, -0.25) is 9.78 Å². The molecule has 4 aromatic carbocycles. The normalized spacial score (nSPS) is 14.8. The van der Waals surface area contributed by atoms with E-state index in [9.17, 15) is 15.2 Å². The monoisotopic (exact) mass is 608 g/mol. The van der Waals surface area contributed by atoms with Crippen LogP contribution in [0.3, 0.4) is 0 Å². The lowest BCUT2D eigenvalue weighted by molar-refractivity contribution is -0.116. The van der Waals surface area contributed by atoms with Crippen molar-refractivity contribution < 1.29 is 14.6 Å². The summed E-state index contributed by atoms with van der Waals surface area (Å²) in [5, 5.41) is 24.6. The van der Waals surface area contributed by atoms with E-state index in [1.807, 2.05) is 84.9 Å². The van der Waals surface area contributed by atoms with Crippen molar-refractivity contribution in [1.29, 1.82) is 5.26 Å². The van der Waals surface area contributed by atoms with Crippen LogP contribution in [0.5, 0.6) is 5.75 Å². The molecule has 0 saturated carbocycles. The number of pyridine rings is 1. The van der Waals surface area contributed by atoms with Crippen molar-refractivity contribution in [2.24, 2.45) is 0 Å². The van der Waals surface area contributed by atoms with Gasteiger partial charge >= 0.3 is 0 Å². The zero-order valence-corrected chi connectivity index (χ0v) is 25.8. The Bertz CT molecular complexity index is 1870. The fraction of sp³-hybridized carbons (Fsp3) is 0.205. The van der Waals surface area contributed by atoms with Crippen LogP contribution in [-0.4, -0.2) is 53.7 Å². The van der Waals surface area contributed by atoms with Crippen LogP contribution in [-0.2, 0) is 4.79 Å². The second-order valence-corrected chi connectivity index (χ2v) is 11.6. The topological polar surface area (TPSA) is 98.5 Å². The zero-order valence-electron chi connectivity index (χ0n) is 25.8. The van der Waals surface area contributed by atoms with Gasteiger partial charge in [0.15, 0.2) is 0 Å². The molecule has 5 aromatic rings. The maximum absolute atomic E-state index is 13.8. The standard InChI is InChI=1S/C39H36N4O3/c1-46-33-15-16-37-36(24-33)34(17-20-41-37)38(44)26-43-21-18-32(19-22-43)42-39(45)35(23-27-7-9-28(25-40)10-8-27)31-13-11-30(12-14-31)29-5-3-2-4-6-29/h2-17,20,23-24,32,38,44H,18-19,21-22,26H2,1H3,(H,42,45)/b35-23+/t38-/m0/s1. The number of methoxy groups -OCH3 is 1. The van der Waals surface area contributed by atoms with E-state index in [1.54, 1.807) is 25.4 Å². The third-order valence-electron chi connectivity index (χ3n) is 8.59. The molecule has 46 heavy (non-hydrogen) atoms. The lowest BCUT2D eigenvalue weighted by Gasteiger charge is -2.33. The molecule has 0 spiro atoms.